The number of nitrogens with zero attached hydrogens (tertiary/aromatic N) is 1. The zero-order valence-corrected chi connectivity index (χ0v) is 16.0. The van der Waals surface area contributed by atoms with Crippen LogP contribution >= 0.6 is 34.2 Å². The van der Waals surface area contributed by atoms with Gasteiger partial charge < -0.3 is 14.6 Å². The van der Waals surface area contributed by atoms with Crippen molar-refractivity contribution in [1.82, 2.24) is 4.98 Å². The first kappa shape index (κ1) is 17.4. The molecule has 1 aromatic heterocycles. The minimum Gasteiger partial charge on any atom is -0.449 e. The highest BCUT2D eigenvalue weighted by molar-refractivity contribution is 14.1. The summed E-state index contributed by atoms with van der Waals surface area (Å²) in [6.07, 6.45) is -1.67. The van der Waals surface area contributed by atoms with Crippen LogP contribution in [0.3, 0.4) is 0 Å². The van der Waals surface area contributed by atoms with Crippen LogP contribution in [0.2, 0.25) is 5.02 Å². The number of benzene rings is 1. The van der Waals surface area contributed by atoms with Crippen LogP contribution in [-0.2, 0) is 11.3 Å². The number of pyridine rings is 1. The van der Waals surface area contributed by atoms with Crippen molar-refractivity contribution >= 4 is 40.3 Å². The highest BCUT2D eigenvalue weighted by Crippen LogP contribution is 2.45. The molecule has 0 amide bonds. The summed E-state index contributed by atoms with van der Waals surface area (Å²) in [7, 11) is 0. The minimum absolute atomic E-state index is 0.144. The number of ether oxygens (including phenoxy) is 2. The SMILES string of the molecule is Cc1nc(C(C)I)c2c(c1OC(=O)O)COC2c1ccc(Cl)cc1. The van der Waals surface area contributed by atoms with Gasteiger partial charge in [0.15, 0.2) is 5.75 Å². The molecule has 0 aliphatic carbocycles. The maximum Gasteiger partial charge on any atom is 0.511 e. The summed E-state index contributed by atoms with van der Waals surface area (Å²) in [6, 6.07) is 7.42. The number of hydrogen-bond donors (Lipinski definition) is 1. The summed E-state index contributed by atoms with van der Waals surface area (Å²) in [6.45, 7) is 4.07. The summed E-state index contributed by atoms with van der Waals surface area (Å²) >= 11 is 8.26. The molecule has 2 unspecified atom stereocenters. The third-order valence-electron chi connectivity index (χ3n) is 3.89. The Morgan fingerprint density at radius 2 is 2.12 bits per heavy atom. The molecular formula is C17H15ClINO4. The third kappa shape index (κ3) is 3.22. The van der Waals surface area contributed by atoms with Gasteiger partial charge in [-0.2, -0.15) is 0 Å². The lowest BCUT2D eigenvalue weighted by molar-refractivity contribution is 0.0924. The second-order valence-corrected chi connectivity index (χ2v) is 7.84. The number of halogens is 2. The van der Waals surface area contributed by atoms with Crippen molar-refractivity contribution in [3.8, 4) is 5.75 Å². The molecule has 1 aliphatic heterocycles. The second kappa shape index (κ2) is 6.85. The Hall–Kier alpha value is -1.38. The fourth-order valence-corrected chi connectivity index (χ4v) is 3.50. The zero-order chi connectivity index (χ0) is 17.4. The third-order valence-corrected chi connectivity index (χ3v) is 4.73. The van der Waals surface area contributed by atoms with Crippen LogP contribution in [0, 0.1) is 6.92 Å². The summed E-state index contributed by atoms with van der Waals surface area (Å²) in [5.74, 6) is 0.273. The van der Waals surface area contributed by atoms with E-state index in [-0.39, 0.29) is 22.4 Å². The largest absolute Gasteiger partial charge is 0.511 e. The zero-order valence-electron chi connectivity index (χ0n) is 13.0. The molecule has 1 aliphatic rings. The average Bonchev–Trinajstić information content (AvgIpc) is 2.95. The lowest BCUT2D eigenvalue weighted by Gasteiger charge is -2.18. The van der Waals surface area contributed by atoms with E-state index in [1.54, 1.807) is 6.92 Å². The van der Waals surface area contributed by atoms with E-state index in [9.17, 15) is 4.79 Å². The number of aromatic nitrogens is 1. The minimum atomic E-state index is -1.35. The van der Waals surface area contributed by atoms with E-state index in [2.05, 4.69) is 27.6 Å². The molecule has 7 heteroatoms. The molecule has 2 heterocycles. The molecule has 2 atom stereocenters. The van der Waals surface area contributed by atoms with Gasteiger partial charge in [0.2, 0.25) is 0 Å². The summed E-state index contributed by atoms with van der Waals surface area (Å²) in [4.78, 5) is 15.6. The van der Waals surface area contributed by atoms with Gasteiger partial charge in [-0.05, 0) is 31.5 Å². The summed E-state index contributed by atoms with van der Waals surface area (Å²) < 4.78 is 11.1. The van der Waals surface area contributed by atoms with Crippen molar-refractivity contribution in [2.24, 2.45) is 0 Å². The monoisotopic (exact) mass is 459 g/mol. The van der Waals surface area contributed by atoms with Crippen LogP contribution in [0.15, 0.2) is 24.3 Å². The van der Waals surface area contributed by atoms with Crippen LogP contribution < -0.4 is 4.74 Å². The van der Waals surface area contributed by atoms with E-state index in [1.165, 1.54) is 0 Å². The molecule has 0 spiro atoms. The normalized spacial score (nSPS) is 17.4. The molecule has 126 valence electrons. The fourth-order valence-electron chi connectivity index (χ4n) is 2.90. The van der Waals surface area contributed by atoms with Gasteiger partial charge in [0.05, 0.1) is 21.9 Å². The molecule has 0 saturated carbocycles. The van der Waals surface area contributed by atoms with E-state index >= 15 is 0 Å². The smallest absolute Gasteiger partial charge is 0.449 e. The maximum absolute atomic E-state index is 11.0. The average molecular weight is 460 g/mol. The maximum atomic E-state index is 11.0. The Morgan fingerprint density at radius 1 is 1.46 bits per heavy atom. The van der Waals surface area contributed by atoms with Crippen LogP contribution in [-0.4, -0.2) is 16.2 Å². The number of rotatable bonds is 3. The highest BCUT2D eigenvalue weighted by Gasteiger charge is 2.34. The van der Waals surface area contributed by atoms with Gasteiger partial charge in [-0.3, -0.25) is 4.98 Å². The number of fused-ring (bicyclic) bond motifs is 1. The second-order valence-electron chi connectivity index (χ2n) is 5.53. The van der Waals surface area contributed by atoms with Crippen LogP contribution in [0.5, 0.6) is 5.75 Å². The van der Waals surface area contributed by atoms with Crippen molar-refractivity contribution < 1.29 is 19.4 Å². The van der Waals surface area contributed by atoms with Crippen molar-refractivity contribution in [3.05, 3.63) is 57.4 Å². The Kier molecular flexibility index (Phi) is 4.98. The van der Waals surface area contributed by atoms with Gasteiger partial charge in [-0.25, -0.2) is 4.79 Å². The molecular weight excluding hydrogens is 445 g/mol. The first-order valence-electron chi connectivity index (χ1n) is 7.33. The summed E-state index contributed by atoms with van der Waals surface area (Å²) in [5, 5.41) is 9.66. The summed E-state index contributed by atoms with van der Waals surface area (Å²) in [5.41, 5.74) is 4.03. The number of aryl methyl sites for hydroxylation is 1. The number of hydrogen-bond acceptors (Lipinski definition) is 4. The molecule has 24 heavy (non-hydrogen) atoms. The number of carbonyl (C=O) groups is 1. The molecule has 1 aromatic carbocycles. The predicted molar refractivity (Wildman–Crippen MR) is 98.1 cm³/mol. The topological polar surface area (TPSA) is 68.7 Å². The van der Waals surface area contributed by atoms with E-state index in [1.807, 2.05) is 31.2 Å². The van der Waals surface area contributed by atoms with Gasteiger partial charge in [-0.15, -0.1) is 0 Å². The van der Waals surface area contributed by atoms with E-state index in [4.69, 9.17) is 26.2 Å². The lowest BCUT2D eigenvalue weighted by Crippen LogP contribution is -2.11. The molecule has 2 aromatic rings. The van der Waals surface area contributed by atoms with Crippen LogP contribution in [0.1, 0.15) is 45.0 Å². The molecule has 3 rings (SSSR count). The lowest BCUT2D eigenvalue weighted by atomic mass is 9.95. The molecule has 0 bridgehead atoms. The number of carboxylic acid groups (broad SMARTS) is 1. The molecule has 5 nitrogen and oxygen atoms in total. The Bertz CT molecular complexity index is 792. The van der Waals surface area contributed by atoms with Crippen molar-refractivity contribution in [3.63, 3.8) is 0 Å². The van der Waals surface area contributed by atoms with E-state index in [0.29, 0.717) is 10.7 Å². The van der Waals surface area contributed by atoms with Crippen molar-refractivity contribution in [1.29, 1.82) is 0 Å². The molecule has 0 saturated heterocycles. The van der Waals surface area contributed by atoms with Crippen molar-refractivity contribution in [2.45, 2.75) is 30.5 Å². The predicted octanol–water partition coefficient (Wildman–Crippen LogP) is 5.22. The van der Waals surface area contributed by atoms with Gasteiger partial charge >= 0.3 is 6.16 Å². The quantitative estimate of drug-likeness (QED) is 0.387. The Balaban J connectivity index is 2.17. The number of alkyl halides is 1. The molecule has 0 radical (unpaired) electrons. The Morgan fingerprint density at radius 3 is 2.71 bits per heavy atom. The first-order chi connectivity index (χ1) is 11.4. The van der Waals surface area contributed by atoms with Gasteiger partial charge in [0.25, 0.3) is 0 Å². The van der Waals surface area contributed by atoms with Crippen LogP contribution in [0.25, 0.3) is 0 Å². The van der Waals surface area contributed by atoms with Crippen LogP contribution in [0.4, 0.5) is 4.79 Å². The first-order valence-corrected chi connectivity index (χ1v) is 8.96. The van der Waals surface area contributed by atoms with Crippen molar-refractivity contribution in [2.75, 3.05) is 0 Å². The highest BCUT2D eigenvalue weighted by atomic mass is 127. The Labute approximate surface area is 158 Å². The van der Waals surface area contributed by atoms with Gasteiger partial charge in [-0.1, -0.05) is 46.3 Å². The molecule has 0 fully saturated rings. The van der Waals surface area contributed by atoms with E-state index < -0.39 is 6.16 Å². The standard InChI is InChI=1S/C17H15ClINO4/c1-8(19)14-13-12(15(9(2)20-14)24-17(21)22)7-23-16(13)10-3-5-11(18)6-4-10/h3-6,8,16H,7H2,1-2H3,(H,21,22). The van der Waals surface area contributed by atoms with Gasteiger partial charge in [0.1, 0.15) is 6.10 Å². The fraction of sp³-hybridized carbons (Fsp3) is 0.294. The molecule has 1 N–H and O–H groups in total. The van der Waals surface area contributed by atoms with Gasteiger partial charge in [0, 0.05) is 16.1 Å². The van der Waals surface area contributed by atoms with E-state index in [0.717, 1.165) is 22.4 Å².